The van der Waals surface area contributed by atoms with Crippen LogP contribution in [0.25, 0.3) is 11.1 Å². The second-order valence-corrected chi connectivity index (χ2v) is 7.67. The summed E-state index contributed by atoms with van der Waals surface area (Å²) in [4.78, 5) is 9.54. The van der Waals surface area contributed by atoms with Crippen LogP contribution in [0.3, 0.4) is 0 Å². The Balaban J connectivity index is 1.54. The van der Waals surface area contributed by atoms with E-state index < -0.39 is 0 Å². The zero-order chi connectivity index (χ0) is 20.8. The van der Waals surface area contributed by atoms with Gasteiger partial charge in [-0.25, -0.2) is 0 Å². The lowest BCUT2D eigenvalue weighted by molar-refractivity contribution is 0.390. The van der Waals surface area contributed by atoms with E-state index >= 15 is 0 Å². The first-order chi connectivity index (χ1) is 14.7. The molecule has 3 aromatic carbocycles. The first kappa shape index (κ1) is 19.9. The van der Waals surface area contributed by atoms with Crippen LogP contribution in [0.1, 0.15) is 36.8 Å². The van der Waals surface area contributed by atoms with Crippen LogP contribution >= 0.6 is 0 Å². The largest absolute Gasteiger partial charge is 0.507 e. The molecule has 0 radical (unpaired) electrons. The van der Waals surface area contributed by atoms with Crippen LogP contribution in [0.5, 0.6) is 11.5 Å². The smallest absolute Gasteiger partial charge is 0.124 e. The zero-order valence-electron chi connectivity index (χ0n) is 16.9. The van der Waals surface area contributed by atoms with Gasteiger partial charge in [-0.3, -0.25) is 9.98 Å². The Labute approximate surface area is 177 Å². The van der Waals surface area contributed by atoms with E-state index in [1.54, 1.807) is 30.6 Å². The lowest BCUT2D eigenvalue weighted by Crippen LogP contribution is -2.27. The van der Waals surface area contributed by atoms with Crippen molar-refractivity contribution in [2.45, 2.75) is 37.8 Å². The van der Waals surface area contributed by atoms with Gasteiger partial charge in [0.1, 0.15) is 11.5 Å². The fourth-order valence-electron chi connectivity index (χ4n) is 3.86. The molecule has 0 amide bonds. The van der Waals surface area contributed by atoms with Crippen molar-refractivity contribution >= 4 is 12.4 Å². The number of nitrogens with zero attached hydrogens (tertiary/aromatic N) is 2. The molecule has 3 aromatic rings. The summed E-state index contributed by atoms with van der Waals surface area (Å²) in [5.74, 6) is 0.461. The third kappa shape index (κ3) is 4.77. The van der Waals surface area contributed by atoms with Crippen LogP contribution in [-0.4, -0.2) is 34.7 Å². The molecule has 2 atom stereocenters. The Morgan fingerprint density at radius 1 is 0.633 bits per heavy atom. The van der Waals surface area contributed by atoms with Crippen molar-refractivity contribution < 1.29 is 10.2 Å². The van der Waals surface area contributed by atoms with Crippen molar-refractivity contribution in [3.05, 3.63) is 83.9 Å². The van der Waals surface area contributed by atoms with E-state index in [9.17, 15) is 10.2 Å². The molecule has 4 nitrogen and oxygen atoms in total. The number of aromatic hydroxyl groups is 2. The number of para-hydroxylation sites is 1. The number of phenols is 2. The summed E-state index contributed by atoms with van der Waals surface area (Å²) >= 11 is 0. The molecule has 0 aromatic heterocycles. The van der Waals surface area contributed by atoms with E-state index in [0.29, 0.717) is 5.56 Å². The molecule has 152 valence electrons. The number of aliphatic imine (C=N–C) groups is 2. The van der Waals surface area contributed by atoms with Gasteiger partial charge in [-0.1, -0.05) is 61.4 Å². The summed E-state index contributed by atoms with van der Waals surface area (Å²) in [7, 11) is 0. The molecule has 4 heteroatoms. The van der Waals surface area contributed by atoms with Gasteiger partial charge in [0, 0.05) is 23.6 Å². The Hall–Kier alpha value is -3.40. The standard InChI is InChI=1S/C26H26N2O2/c29-25-13-7-4-10-21(25)17-27-23-11-5-6-12-24(23)28-18-22-16-20(14-15-26(22)30)19-8-2-1-3-9-19/h1-4,7-10,13-18,23-24,29-30H,5-6,11-12H2. The first-order valence-electron chi connectivity index (χ1n) is 10.4. The van der Waals surface area contributed by atoms with Crippen molar-refractivity contribution in [2.75, 3.05) is 0 Å². The highest BCUT2D eigenvalue weighted by Gasteiger charge is 2.23. The van der Waals surface area contributed by atoms with Crippen LogP contribution in [0.2, 0.25) is 0 Å². The molecule has 0 saturated heterocycles. The predicted octanol–water partition coefficient (Wildman–Crippen LogP) is 5.61. The highest BCUT2D eigenvalue weighted by molar-refractivity contribution is 5.86. The van der Waals surface area contributed by atoms with E-state index in [0.717, 1.165) is 42.4 Å². The summed E-state index contributed by atoms with van der Waals surface area (Å²) in [6.07, 6.45) is 7.73. The van der Waals surface area contributed by atoms with Crippen LogP contribution in [0.15, 0.2) is 82.8 Å². The van der Waals surface area contributed by atoms with E-state index in [1.165, 1.54) is 0 Å². The third-order valence-corrected chi connectivity index (χ3v) is 5.58. The molecule has 4 rings (SSSR count). The van der Waals surface area contributed by atoms with Crippen molar-refractivity contribution in [3.63, 3.8) is 0 Å². The van der Waals surface area contributed by atoms with Gasteiger partial charge in [-0.15, -0.1) is 0 Å². The molecular weight excluding hydrogens is 372 g/mol. The molecule has 30 heavy (non-hydrogen) atoms. The lowest BCUT2D eigenvalue weighted by Gasteiger charge is -2.25. The van der Waals surface area contributed by atoms with Crippen molar-refractivity contribution in [1.82, 2.24) is 0 Å². The topological polar surface area (TPSA) is 65.2 Å². The van der Waals surface area contributed by atoms with Crippen molar-refractivity contribution in [1.29, 1.82) is 0 Å². The highest BCUT2D eigenvalue weighted by Crippen LogP contribution is 2.27. The molecule has 1 aliphatic rings. The normalized spacial score (nSPS) is 19.5. The average Bonchev–Trinajstić information content (AvgIpc) is 2.79. The number of hydrogen-bond donors (Lipinski definition) is 2. The minimum atomic E-state index is 0.0700. The molecular formula is C26H26N2O2. The second kappa shape index (κ2) is 9.40. The van der Waals surface area contributed by atoms with E-state index in [1.807, 2.05) is 42.5 Å². The van der Waals surface area contributed by atoms with E-state index in [2.05, 4.69) is 12.1 Å². The van der Waals surface area contributed by atoms with Crippen LogP contribution in [0.4, 0.5) is 0 Å². The SMILES string of the molecule is Oc1ccccc1C=NC1CCCCC1N=Cc1cc(-c2ccccc2)ccc1O. The van der Waals surface area contributed by atoms with Crippen molar-refractivity contribution in [2.24, 2.45) is 9.98 Å². The Morgan fingerprint density at radius 2 is 1.23 bits per heavy atom. The molecule has 0 spiro atoms. The molecule has 0 aliphatic heterocycles. The number of phenolic OH excluding ortho intramolecular Hbond substituents is 2. The number of hydrogen-bond acceptors (Lipinski definition) is 4. The molecule has 0 heterocycles. The van der Waals surface area contributed by atoms with Gasteiger partial charge in [0.25, 0.3) is 0 Å². The number of rotatable bonds is 5. The van der Waals surface area contributed by atoms with Gasteiger partial charge in [0.2, 0.25) is 0 Å². The summed E-state index contributed by atoms with van der Waals surface area (Å²) in [5, 5.41) is 20.3. The molecule has 1 aliphatic carbocycles. The van der Waals surface area contributed by atoms with Gasteiger partial charge < -0.3 is 10.2 Å². The van der Waals surface area contributed by atoms with Gasteiger partial charge in [-0.05, 0) is 48.2 Å². The van der Waals surface area contributed by atoms with Crippen LogP contribution < -0.4 is 0 Å². The molecule has 0 bridgehead atoms. The van der Waals surface area contributed by atoms with Gasteiger partial charge >= 0.3 is 0 Å². The van der Waals surface area contributed by atoms with E-state index in [-0.39, 0.29) is 23.6 Å². The quantitative estimate of drug-likeness (QED) is 0.548. The Morgan fingerprint density at radius 3 is 1.93 bits per heavy atom. The third-order valence-electron chi connectivity index (χ3n) is 5.58. The maximum atomic E-state index is 10.3. The first-order valence-corrected chi connectivity index (χ1v) is 10.4. The predicted molar refractivity (Wildman–Crippen MR) is 123 cm³/mol. The second-order valence-electron chi connectivity index (χ2n) is 7.67. The fourth-order valence-corrected chi connectivity index (χ4v) is 3.86. The number of benzene rings is 3. The van der Waals surface area contributed by atoms with Crippen molar-refractivity contribution in [3.8, 4) is 22.6 Å². The Bertz CT molecular complexity index is 1040. The average molecular weight is 399 g/mol. The van der Waals surface area contributed by atoms with Gasteiger partial charge in [0.05, 0.1) is 12.1 Å². The monoisotopic (exact) mass is 398 g/mol. The van der Waals surface area contributed by atoms with Crippen LogP contribution in [-0.2, 0) is 0 Å². The summed E-state index contributed by atoms with van der Waals surface area (Å²) in [5.41, 5.74) is 3.59. The molecule has 2 N–H and O–H groups in total. The molecule has 2 unspecified atom stereocenters. The van der Waals surface area contributed by atoms with Crippen LogP contribution in [0, 0.1) is 0 Å². The van der Waals surface area contributed by atoms with Gasteiger partial charge in [-0.2, -0.15) is 0 Å². The molecule has 1 fully saturated rings. The maximum Gasteiger partial charge on any atom is 0.124 e. The van der Waals surface area contributed by atoms with E-state index in [4.69, 9.17) is 9.98 Å². The highest BCUT2D eigenvalue weighted by atomic mass is 16.3. The fraction of sp³-hybridized carbons (Fsp3) is 0.231. The summed E-state index contributed by atoms with van der Waals surface area (Å²) in [6, 6.07) is 23.1. The molecule has 1 saturated carbocycles. The maximum absolute atomic E-state index is 10.3. The summed E-state index contributed by atoms with van der Waals surface area (Å²) in [6.45, 7) is 0. The lowest BCUT2D eigenvalue weighted by atomic mass is 9.91. The summed E-state index contributed by atoms with van der Waals surface area (Å²) < 4.78 is 0. The minimum Gasteiger partial charge on any atom is -0.507 e. The Kier molecular flexibility index (Phi) is 6.23. The minimum absolute atomic E-state index is 0.0700. The zero-order valence-corrected chi connectivity index (χ0v) is 16.9. The van der Waals surface area contributed by atoms with Gasteiger partial charge in [0.15, 0.2) is 0 Å².